The number of rotatable bonds is 6. The zero-order valence-electron chi connectivity index (χ0n) is 14.5. The van der Waals surface area contributed by atoms with E-state index in [2.05, 4.69) is 61.2 Å². The second-order valence-electron chi connectivity index (χ2n) is 7.24. The average Bonchev–Trinajstić information content (AvgIpc) is 2.54. The molecular formula is C21H29NO. The smallest absolute Gasteiger partial charge is 0.127 e. The summed E-state index contributed by atoms with van der Waals surface area (Å²) in [6.45, 7) is 9.34. The molecule has 2 nitrogen and oxygen atoms in total. The van der Waals surface area contributed by atoms with E-state index in [0.717, 1.165) is 30.6 Å². The van der Waals surface area contributed by atoms with Crippen LogP contribution in [0, 0.1) is 11.8 Å². The molecule has 2 aromatic rings. The van der Waals surface area contributed by atoms with Gasteiger partial charge in [0.25, 0.3) is 0 Å². The van der Waals surface area contributed by atoms with Crippen molar-refractivity contribution in [1.82, 2.24) is 4.90 Å². The van der Waals surface area contributed by atoms with Crippen molar-refractivity contribution in [2.75, 3.05) is 26.2 Å². The summed E-state index contributed by atoms with van der Waals surface area (Å²) in [5, 5.41) is 2.47. The number of piperidine rings is 1. The highest BCUT2D eigenvalue weighted by Crippen LogP contribution is 2.25. The van der Waals surface area contributed by atoms with Gasteiger partial charge in [-0.15, -0.1) is 0 Å². The highest BCUT2D eigenvalue weighted by Gasteiger charge is 2.20. The summed E-state index contributed by atoms with van der Waals surface area (Å²) >= 11 is 0. The third kappa shape index (κ3) is 4.48. The number of ether oxygens (including phenoxy) is 1. The van der Waals surface area contributed by atoms with E-state index in [1.54, 1.807) is 0 Å². The van der Waals surface area contributed by atoms with Gasteiger partial charge in [-0.1, -0.05) is 50.2 Å². The molecule has 1 saturated heterocycles. The van der Waals surface area contributed by atoms with E-state index in [0.29, 0.717) is 0 Å². The van der Waals surface area contributed by atoms with Gasteiger partial charge in [-0.2, -0.15) is 0 Å². The Labute approximate surface area is 140 Å². The minimum atomic E-state index is 0.812. The Kier molecular flexibility index (Phi) is 5.56. The number of hydrogen-bond acceptors (Lipinski definition) is 2. The van der Waals surface area contributed by atoms with E-state index in [9.17, 15) is 0 Å². The first-order valence-electron chi connectivity index (χ1n) is 9.05. The summed E-state index contributed by atoms with van der Waals surface area (Å²) < 4.78 is 6.03. The van der Waals surface area contributed by atoms with Gasteiger partial charge in [-0.3, -0.25) is 0 Å². The van der Waals surface area contributed by atoms with Crippen LogP contribution in [0.2, 0.25) is 0 Å². The van der Waals surface area contributed by atoms with E-state index in [-0.39, 0.29) is 0 Å². The molecule has 0 saturated carbocycles. The van der Waals surface area contributed by atoms with Gasteiger partial charge in [0.1, 0.15) is 5.75 Å². The van der Waals surface area contributed by atoms with E-state index in [1.165, 1.54) is 43.2 Å². The van der Waals surface area contributed by atoms with Gasteiger partial charge < -0.3 is 9.64 Å². The normalized spacial score (nSPS) is 22.3. The first kappa shape index (κ1) is 16.3. The molecule has 1 aliphatic rings. The van der Waals surface area contributed by atoms with Crippen LogP contribution in [-0.4, -0.2) is 31.1 Å². The molecule has 0 amide bonds. The van der Waals surface area contributed by atoms with Gasteiger partial charge in [0.05, 0.1) is 6.61 Å². The molecule has 0 N–H and O–H groups in total. The van der Waals surface area contributed by atoms with Crippen molar-refractivity contribution in [2.45, 2.75) is 33.1 Å². The highest BCUT2D eigenvalue weighted by molar-refractivity contribution is 5.88. The van der Waals surface area contributed by atoms with Crippen LogP contribution in [0.3, 0.4) is 0 Å². The molecule has 0 aliphatic carbocycles. The average molecular weight is 311 g/mol. The van der Waals surface area contributed by atoms with Crippen molar-refractivity contribution < 1.29 is 4.74 Å². The standard InChI is InChI=1S/C21H29NO/c1-17-14-18(2)16-22(15-17)12-5-6-13-23-21-11-7-9-19-8-3-4-10-20(19)21/h3-4,7-11,17-18H,5-6,12-16H2,1-2H3/t17-,18-/m0/s1. The summed E-state index contributed by atoms with van der Waals surface area (Å²) in [6, 6.07) is 14.7. The Bertz CT molecular complexity index is 609. The molecule has 3 rings (SSSR count). The maximum atomic E-state index is 6.03. The fourth-order valence-corrected chi connectivity index (χ4v) is 3.92. The lowest BCUT2D eigenvalue weighted by molar-refractivity contribution is 0.137. The Morgan fingerprint density at radius 1 is 0.957 bits per heavy atom. The summed E-state index contributed by atoms with van der Waals surface area (Å²) in [4.78, 5) is 2.64. The molecule has 124 valence electrons. The first-order chi connectivity index (χ1) is 11.2. The molecule has 2 aromatic carbocycles. The molecule has 0 unspecified atom stereocenters. The monoisotopic (exact) mass is 311 g/mol. The fraction of sp³-hybridized carbons (Fsp3) is 0.524. The summed E-state index contributed by atoms with van der Waals surface area (Å²) in [5.41, 5.74) is 0. The molecule has 0 radical (unpaired) electrons. The lowest BCUT2D eigenvalue weighted by atomic mass is 9.92. The zero-order chi connectivity index (χ0) is 16.1. The predicted molar refractivity (Wildman–Crippen MR) is 98.1 cm³/mol. The topological polar surface area (TPSA) is 12.5 Å². The number of hydrogen-bond donors (Lipinski definition) is 0. The first-order valence-corrected chi connectivity index (χ1v) is 9.05. The number of fused-ring (bicyclic) bond motifs is 1. The molecule has 1 fully saturated rings. The SMILES string of the molecule is C[C@H]1C[C@H](C)CN(CCCCOc2cccc3ccccc23)C1. The van der Waals surface area contributed by atoms with Crippen LogP contribution in [0.4, 0.5) is 0 Å². The van der Waals surface area contributed by atoms with E-state index >= 15 is 0 Å². The largest absolute Gasteiger partial charge is 0.493 e. The van der Waals surface area contributed by atoms with Crippen LogP contribution >= 0.6 is 0 Å². The fourth-order valence-electron chi connectivity index (χ4n) is 3.92. The summed E-state index contributed by atoms with van der Waals surface area (Å²) in [7, 11) is 0. The van der Waals surface area contributed by atoms with Gasteiger partial charge in [0.2, 0.25) is 0 Å². The van der Waals surface area contributed by atoms with Gasteiger partial charge in [-0.05, 0) is 49.1 Å². The Hall–Kier alpha value is -1.54. The minimum Gasteiger partial charge on any atom is -0.493 e. The summed E-state index contributed by atoms with van der Waals surface area (Å²) in [6.07, 6.45) is 3.74. The number of unbranched alkanes of at least 4 members (excludes halogenated alkanes) is 1. The van der Waals surface area contributed by atoms with Gasteiger partial charge in [0, 0.05) is 18.5 Å². The highest BCUT2D eigenvalue weighted by atomic mass is 16.5. The van der Waals surface area contributed by atoms with Crippen LogP contribution in [-0.2, 0) is 0 Å². The third-order valence-corrected chi connectivity index (χ3v) is 4.82. The minimum absolute atomic E-state index is 0.812. The van der Waals surface area contributed by atoms with Crippen LogP contribution in [0.15, 0.2) is 42.5 Å². The van der Waals surface area contributed by atoms with Crippen LogP contribution in [0.25, 0.3) is 10.8 Å². The van der Waals surface area contributed by atoms with Crippen LogP contribution < -0.4 is 4.74 Å². The van der Waals surface area contributed by atoms with Gasteiger partial charge >= 0.3 is 0 Å². The van der Waals surface area contributed by atoms with Crippen molar-refractivity contribution in [3.05, 3.63) is 42.5 Å². The van der Waals surface area contributed by atoms with Crippen molar-refractivity contribution in [3.8, 4) is 5.75 Å². The Morgan fingerprint density at radius 2 is 1.70 bits per heavy atom. The van der Waals surface area contributed by atoms with Gasteiger partial charge in [0.15, 0.2) is 0 Å². The molecule has 0 aromatic heterocycles. The van der Waals surface area contributed by atoms with Crippen molar-refractivity contribution in [1.29, 1.82) is 0 Å². The second-order valence-corrected chi connectivity index (χ2v) is 7.24. The number of nitrogens with zero attached hydrogens (tertiary/aromatic N) is 1. The van der Waals surface area contributed by atoms with Crippen LogP contribution in [0.1, 0.15) is 33.1 Å². The lowest BCUT2D eigenvalue weighted by Crippen LogP contribution is -2.39. The predicted octanol–water partition coefficient (Wildman–Crippen LogP) is 4.98. The molecule has 2 heteroatoms. The lowest BCUT2D eigenvalue weighted by Gasteiger charge is -2.34. The molecule has 1 heterocycles. The Morgan fingerprint density at radius 3 is 2.52 bits per heavy atom. The van der Waals surface area contributed by atoms with E-state index < -0.39 is 0 Å². The quantitative estimate of drug-likeness (QED) is 0.698. The molecular weight excluding hydrogens is 282 g/mol. The van der Waals surface area contributed by atoms with Crippen molar-refractivity contribution in [3.63, 3.8) is 0 Å². The molecule has 1 aliphatic heterocycles. The maximum Gasteiger partial charge on any atom is 0.127 e. The maximum absolute atomic E-state index is 6.03. The molecule has 23 heavy (non-hydrogen) atoms. The molecule has 0 spiro atoms. The summed E-state index contributed by atoms with van der Waals surface area (Å²) in [5.74, 6) is 2.72. The van der Waals surface area contributed by atoms with Crippen molar-refractivity contribution >= 4 is 10.8 Å². The Balaban J connectivity index is 1.43. The van der Waals surface area contributed by atoms with Crippen molar-refractivity contribution in [2.24, 2.45) is 11.8 Å². The molecule has 2 atom stereocenters. The zero-order valence-corrected chi connectivity index (χ0v) is 14.5. The molecule has 0 bridgehead atoms. The van der Waals surface area contributed by atoms with Crippen LogP contribution in [0.5, 0.6) is 5.75 Å². The number of benzene rings is 2. The van der Waals surface area contributed by atoms with E-state index in [4.69, 9.17) is 4.74 Å². The second kappa shape index (κ2) is 7.83. The number of likely N-dealkylation sites (tertiary alicyclic amines) is 1. The van der Waals surface area contributed by atoms with E-state index in [1.807, 2.05) is 0 Å². The van der Waals surface area contributed by atoms with Gasteiger partial charge in [-0.25, -0.2) is 0 Å². The third-order valence-electron chi connectivity index (χ3n) is 4.82.